The molecular weight excluding hydrogens is 186 g/mol. The normalized spacial score (nSPS) is 10.1. The molecule has 1 aromatic rings. The topological polar surface area (TPSA) is 9.23 Å². The minimum atomic E-state index is -0.748. The molecule has 0 aromatic heterocycles. The molecule has 0 atom stereocenters. The molecule has 0 fully saturated rings. The predicted molar refractivity (Wildman–Crippen MR) is 42.7 cm³/mol. The van der Waals surface area contributed by atoms with E-state index in [-0.39, 0.29) is 16.3 Å². The lowest BCUT2D eigenvalue weighted by Crippen LogP contribution is -1.95. The molecular formula is C8H7ClF2O. The Balaban J connectivity index is 3.40. The van der Waals surface area contributed by atoms with Gasteiger partial charge in [0.1, 0.15) is 5.82 Å². The van der Waals surface area contributed by atoms with Crippen LogP contribution < -0.4 is 4.74 Å². The van der Waals surface area contributed by atoms with Gasteiger partial charge in [0.05, 0.1) is 12.1 Å². The highest BCUT2D eigenvalue weighted by Crippen LogP contribution is 2.30. The number of hydrogen-bond acceptors (Lipinski definition) is 1. The summed E-state index contributed by atoms with van der Waals surface area (Å²) in [6.45, 7) is 1.32. The van der Waals surface area contributed by atoms with Crippen molar-refractivity contribution in [2.45, 2.75) is 6.92 Å². The number of benzene rings is 1. The molecule has 0 aliphatic rings. The molecule has 0 bridgehead atoms. The number of halogens is 3. The van der Waals surface area contributed by atoms with Crippen LogP contribution in [0, 0.1) is 18.6 Å². The quantitative estimate of drug-likeness (QED) is 0.665. The van der Waals surface area contributed by atoms with Crippen molar-refractivity contribution in [2.24, 2.45) is 0 Å². The van der Waals surface area contributed by atoms with Crippen LogP contribution in [0.1, 0.15) is 5.56 Å². The second-order valence-corrected chi connectivity index (χ2v) is 2.72. The van der Waals surface area contributed by atoms with Crippen LogP contribution >= 0.6 is 11.6 Å². The standard InChI is InChI=1S/C8H7ClF2O/c1-4-6(10)3-5(9)8(12-2)7(4)11/h3H,1-2H3. The van der Waals surface area contributed by atoms with E-state index < -0.39 is 11.6 Å². The number of rotatable bonds is 1. The van der Waals surface area contributed by atoms with Crippen molar-refractivity contribution in [2.75, 3.05) is 7.11 Å². The summed E-state index contributed by atoms with van der Waals surface area (Å²) in [4.78, 5) is 0. The van der Waals surface area contributed by atoms with Gasteiger partial charge >= 0.3 is 0 Å². The van der Waals surface area contributed by atoms with Crippen molar-refractivity contribution in [1.29, 1.82) is 0 Å². The molecule has 66 valence electrons. The lowest BCUT2D eigenvalue weighted by molar-refractivity contribution is 0.382. The third kappa shape index (κ3) is 1.37. The van der Waals surface area contributed by atoms with Crippen LogP contribution in [0.25, 0.3) is 0 Å². The summed E-state index contributed by atoms with van der Waals surface area (Å²) in [5.41, 5.74) is -0.0868. The first-order chi connectivity index (χ1) is 5.57. The minimum absolute atomic E-state index is 0.0573. The first kappa shape index (κ1) is 9.26. The van der Waals surface area contributed by atoms with Crippen LogP contribution in [0.15, 0.2) is 6.07 Å². The van der Waals surface area contributed by atoms with Crippen LogP contribution in [0.5, 0.6) is 5.75 Å². The second kappa shape index (κ2) is 3.27. The van der Waals surface area contributed by atoms with Gasteiger partial charge in [0.25, 0.3) is 0 Å². The van der Waals surface area contributed by atoms with Crippen molar-refractivity contribution < 1.29 is 13.5 Å². The maximum atomic E-state index is 13.1. The van der Waals surface area contributed by atoms with E-state index in [0.29, 0.717) is 0 Å². The van der Waals surface area contributed by atoms with Gasteiger partial charge < -0.3 is 4.74 Å². The van der Waals surface area contributed by atoms with E-state index in [1.54, 1.807) is 0 Å². The SMILES string of the molecule is COc1c(Cl)cc(F)c(C)c1F. The Morgan fingerprint density at radius 1 is 1.42 bits per heavy atom. The van der Waals surface area contributed by atoms with E-state index in [1.807, 2.05) is 0 Å². The molecule has 1 nitrogen and oxygen atoms in total. The van der Waals surface area contributed by atoms with Crippen molar-refractivity contribution in [3.05, 3.63) is 28.3 Å². The molecule has 0 aliphatic carbocycles. The Kier molecular flexibility index (Phi) is 2.52. The molecule has 4 heteroatoms. The van der Waals surface area contributed by atoms with E-state index in [0.717, 1.165) is 6.07 Å². The summed E-state index contributed by atoms with van der Waals surface area (Å²) in [6.07, 6.45) is 0. The Hall–Kier alpha value is -0.830. The molecule has 0 N–H and O–H groups in total. The molecule has 1 aromatic carbocycles. The largest absolute Gasteiger partial charge is 0.492 e. The van der Waals surface area contributed by atoms with Gasteiger partial charge in [0.2, 0.25) is 0 Å². The van der Waals surface area contributed by atoms with Gasteiger partial charge in [-0.3, -0.25) is 0 Å². The second-order valence-electron chi connectivity index (χ2n) is 2.31. The zero-order chi connectivity index (χ0) is 9.30. The first-order valence-corrected chi connectivity index (χ1v) is 3.63. The smallest absolute Gasteiger partial charge is 0.173 e. The third-order valence-electron chi connectivity index (χ3n) is 1.56. The van der Waals surface area contributed by atoms with Gasteiger partial charge in [-0.25, -0.2) is 8.78 Å². The summed E-state index contributed by atoms with van der Waals surface area (Å²) in [7, 11) is 1.28. The van der Waals surface area contributed by atoms with Gasteiger partial charge in [-0.05, 0) is 13.0 Å². The average molecular weight is 193 g/mol. The van der Waals surface area contributed by atoms with E-state index in [2.05, 4.69) is 4.74 Å². The van der Waals surface area contributed by atoms with Gasteiger partial charge in [-0.1, -0.05) is 11.6 Å². The maximum absolute atomic E-state index is 13.1. The number of ether oxygens (including phenoxy) is 1. The first-order valence-electron chi connectivity index (χ1n) is 3.26. The Labute approximate surface area is 73.9 Å². The Bertz CT molecular complexity index is 312. The molecule has 0 saturated carbocycles. The predicted octanol–water partition coefficient (Wildman–Crippen LogP) is 2.94. The molecule has 12 heavy (non-hydrogen) atoms. The highest BCUT2D eigenvalue weighted by Gasteiger charge is 2.14. The van der Waals surface area contributed by atoms with Gasteiger partial charge in [-0.15, -0.1) is 0 Å². The Morgan fingerprint density at radius 2 is 2.00 bits per heavy atom. The molecule has 0 unspecified atom stereocenters. The van der Waals surface area contributed by atoms with Crippen molar-refractivity contribution in [3.63, 3.8) is 0 Å². The van der Waals surface area contributed by atoms with Gasteiger partial charge in [0, 0.05) is 5.56 Å². The minimum Gasteiger partial charge on any atom is -0.492 e. The fourth-order valence-electron chi connectivity index (χ4n) is 0.852. The number of hydrogen-bond donors (Lipinski definition) is 0. The lowest BCUT2D eigenvalue weighted by Gasteiger charge is -2.06. The van der Waals surface area contributed by atoms with Crippen molar-refractivity contribution in [1.82, 2.24) is 0 Å². The fraction of sp³-hybridized carbons (Fsp3) is 0.250. The molecule has 0 spiro atoms. The highest BCUT2D eigenvalue weighted by molar-refractivity contribution is 6.32. The van der Waals surface area contributed by atoms with Crippen LogP contribution in [-0.2, 0) is 0 Å². The van der Waals surface area contributed by atoms with Crippen molar-refractivity contribution in [3.8, 4) is 5.75 Å². The third-order valence-corrected chi connectivity index (χ3v) is 1.84. The number of methoxy groups -OCH3 is 1. The summed E-state index contributed by atoms with van der Waals surface area (Å²) >= 11 is 5.50. The summed E-state index contributed by atoms with van der Waals surface area (Å²) < 4.78 is 30.5. The van der Waals surface area contributed by atoms with Crippen LogP contribution in [0.4, 0.5) is 8.78 Å². The monoisotopic (exact) mass is 192 g/mol. The zero-order valence-electron chi connectivity index (χ0n) is 6.62. The van der Waals surface area contributed by atoms with E-state index >= 15 is 0 Å². The molecule has 0 aliphatic heterocycles. The molecule has 0 amide bonds. The molecule has 0 heterocycles. The summed E-state index contributed by atoms with van der Waals surface area (Å²) in [5.74, 6) is -1.53. The van der Waals surface area contributed by atoms with Gasteiger partial charge in [0.15, 0.2) is 11.6 Å². The van der Waals surface area contributed by atoms with Crippen LogP contribution in [0.2, 0.25) is 5.02 Å². The molecule has 1 rings (SSSR count). The summed E-state index contributed by atoms with van der Waals surface area (Å²) in [6, 6.07) is 1.03. The summed E-state index contributed by atoms with van der Waals surface area (Å²) in [5, 5.41) is -0.0573. The average Bonchev–Trinajstić information content (AvgIpc) is 2.01. The maximum Gasteiger partial charge on any atom is 0.173 e. The van der Waals surface area contributed by atoms with Gasteiger partial charge in [-0.2, -0.15) is 0 Å². The highest BCUT2D eigenvalue weighted by atomic mass is 35.5. The van der Waals surface area contributed by atoms with Crippen molar-refractivity contribution >= 4 is 11.6 Å². The zero-order valence-corrected chi connectivity index (χ0v) is 7.38. The van der Waals surface area contributed by atoms with E-state index in [1.165, 1.54) is 14.0 Å². The van der Waals surface area contributed by atoms with Crippen LogP contribution in [-0.4, -0.2) is 7.11 Å². The van der Waals surface area contributed by atoms with E-state index in [4.69, 9.17) is 11.6 Å². The Morgan fingerprint density at radius 3 is 2.50 bits per heavy atom. The van der Waals surface area contributed by atoms with Crippen LogP contribution in [0.3, 0.4) is 0 Å². The molecule has 0 radical (unpaired) electrons. The van der Waals surface area contributed by atoms with E-state index in [9.17, 15) is 8.78 Å². The lowest BCUT2D eigenvalue weighted by atomic mass is 10.2. The fourth-order valence-corrected chi connectivity index (χ4v) is 1.11. The molecule has 0 saturated heterocycles.